The van der Waals surface area contributed by atoms with E-state index in [9.17, 15) is 4.79 Å². The van der Waals surface area contributed by atoms with Gasteiger partial charge in [0.05, 0.1) is 28.4 Å². The van der Waals surface area contributed by atoms with E-state index < -0.39 is 5.92 Å². The van der Waals surface area contributed by atoms with E-state index >= 15 is 0 Å². The van der Waals surface area contributed by atoms with Crippen LogP contribution in [0.4, 0.5) is 5.13 Å². The Bertz CT molecular complexity index is 1470. The summed E-state index contributed by atoms with van der Waals surface area (Å²) in [5.74, 6) is -0.471. The Labute approximate surface area is 220 Å². The largest absolute Gasteiger partial charge is 0.285 e. The van der Waals surface area contributed by atoms with Gasteiger partial charge in [-0.05, 0) is 55.7 Å². The fourth-order valence-electron chi connectivity index (χ4n) is 4.52. The van der Waals surface area contributed by atoms with Gasteiger partial charge in [-0.15, -0.1) is 0 Å². The summed E-state index contributed by atoms with van der Waals surface area (Å²) in [7, 11) is 0. The Morgan fingerprint density at radius 2 is 1.61 bits per heavy atom. The number of benzene rings is 3. The lowest BCUT2D eigenvalue weighted by atomic mass is 9.90. The van der Waals surface area contributed by atoms with Crippen LogP contribution in [0.3, 0.4) is 0 Å². The van der Waals surface area contributed by atoms with Crippen molar-refractivity contribution in [1.82, 2.24) is 14.8 Å². The molecule has 0 saturated heterocycles. The summed E-state index contributed by atoms with van der Waals surface area (Å²) in [6.07, 6.45) is 0. The van der Waals surface area contributed by atoms with E-state index in [1.807, 2.05) is 109 Å². The Hall–Kier alpha value is -3.48. The van der Waals surface area contributed by atoms with Gasteiger partial charge in [-0.3, -0.25) is 14.4 Å². The van der Waals surface area contributed by atoms with Crippen LogP contribution >= 0.6 is 22.9 Å². The zero-order valence-corrected chi connectivity index (χ0v) is 22.1. The molecule has 0 radical (unpaired) electrons. The minimum absolute atomic E-state index is 0.0169. The van der Waals surface area contributed by atoms with Gasteiger partial charge in [-0.25, -0.2) is 4.98 Å². The predicted octanol–water partition coefficient (Wildman–Crippen LogP) is 6.94. The molecule has 2 heterocycles. The minimum Gasteiger partial charge on any atom is -0.285 e. The van der Waals surface area contributed by atoms with Crippen molar-refractivity contribution in [2.45, 2.75) is 33.2 Å². The third-order valence-corrected chi connectivity index (χ3v) is 7.84. The molecule has 0 saturated carbocycles. The molecule has 0 atom stereocenters. The molecule has 0 aliphatic carbocycles. The van der Waals surface area contributed by atoms with E-state index in [4.69, 9.17) is 16.6 Å². The second kappa shape index (κ2) is 10.2. The van der Waals surface area contributed by atoms with Crippen LogP contribution in [0.25, 0.3) is 10.2 Å². The highest BCUT2D eigenvalue weighted by molar-refractivity contribution is 7.22. The number of nitrogens with zero attached hydrogens (tertiary/aromatic N) is 4. The van der Waals surface area contributed by atoms with Crippen molar-refractivity contribution in [3.63, 3.8) is 0 Å². The highest BCUT2D eigenvalue weighted by Crippen LogP contribution is 2.36. The lowest BCUT2D eigenvalue weighted by Crippen LogP contribution is -2.38. The van der Waals surface area contributed by atoms with E-state index in [2.05, 4.69) is 5.10 Å². The first kappa shape index (κ1) is 24.2. The predicted molar refractivity (Wildman–Crippen MR) is 148 cm³/mol. The third-order valence-electron chi connectivity index (χ3n) is 6.39. The molecule has 1 amide bonds. The van der Waals surface area contributed by atoms with E-state index in [-0.39, 0.29) is 5.91 Å². The van der Waals surface area contributed by atoms with Crippen LogP contribution < -0.4 is 4.90 Å². The summed E-state index contributed by atoms with van der Waals surface area (Å²) in [5, 5.41) is 5.95. The molecule has 0 aliphatic heterocycles. The molecule has 36 heavy (non-hydrogen) atoms. The number of hydrogen-bond donors (Lipinski definition) is 0. The van der Waals surface area contributed by atoms with Crippen molar-refractivity contribution in [2.75, 3.05) is 11.4 Å². The topological polar surface area (TPSA) is 51.0 Å². The van der Waals surface area contributed by atoms with Crippen LogP contribution in [0, 0.1) is 20.8 Å². The number of anilines is 1. The Kier molecular flexibility index (Phi) is 6.90. The van der Waals surface area contributed by atoms with Gasteiger partial charge in [0.15, 0.2) is 5.13 Å². The summed E-state index contributed by atoms with van der Waals surface area (Å²) in [6, 6.07) is 25.8. The molecule has 0 aliphatic rings. The van der Waals surface area contributed by atoms with Crippen molar-refractivity contribution in [3.05, 3.63) is 112 Å². The van der Waals surface area contributed by atoms with Gasteiger partial charge in [0.25, 0.3) is 0 Å². The molecule has 2 aromatic heterocycles. The van der Waals surface area contributed by atoms with Crippen molar-refractivity contribution < 1.29 is 4.79 Å². The molecule has 5 nitrogen and oxygen atoms in total. The van der Waals surface area contributed by atoms with Crippen LogP contribution in [0.1, 0.15) is 34.0 Å². The van der Waals surface area contributed by atoms with Crippen LogP contribution in [-0.2, 0) is 11.3 Å². The highest BCUT2D eigenvalue weighted by Gasteiger charge is 2.30. The first-order valence-corrected chi connectivity index (χ1v) is 13.1. The second-order valence-electron chi connectivity index (χ2n) is 8.91. The molecular weight excluding hydrogens is 488 g/mol. The van der Waals surface area contributed by atoms with Crippen LogP contribution in [-0.4, -0.2) is 27.2 Å². The third kappa shape index (κ3) is 4.79. The number of carbonyl (C=O) groups is 1. The molecule has 0 bridgehead atoms. The van der Waals surface area contributed by atoms with Crippen molar-refractivity contribution in [2.24, 2.45) is 0 Å². The maximum absolute atomic E-state index is 14.4. The SMILES string of the molecule is Cc1cc(C)n(CCN(C(=O)C(c2ccccc2)c2ccccc2)c2nc3c(C)c(Cl)ccc3s2)n1. The molecule has 5 aromatic rings. The molecule has 7 heteroatoms. The van der Waals surface area contributed by atoms with Gasteiger partial charge in [0.2, 0.25) is 5.91 Å². The number of aromatic nitrogens is 3. The Balaban J connectivity index is 1.60. The average Bonchev–Trinajstić information content (AvgIpc) is 3.46. The summed E-state index contributed by atoms with van der Waals surface area (Å²) < 4.78 is 2.96. The number of amides is 1. The summed E-state index contributed by atoms with van der Waals surface area (Å²) in [6.45, 7) is 6.99. The highest BCUT2D eigenvalue weighted by atomic mass is 35.5. The normalized spacial score (nSPS) is 11.4. The number of halogens is 1. The summed E-state index contributed by atoms with van der Waals surface area (Å²) in [4.78, 5) is 21.2. The zero-order valence-electron chi connectivity index (χ0n) is 20.5. The molecule has 0 N–H and O–H groups in total. The molecule has 182 valence electrons. The fraction of sp³-hybridized carbons (Fsp3) is 0.207. The van der Waals surface area contributed by atoms with Crippen LogP contribution in [0.15, 0.2) is 78.9 Å². The number of fused-ring (bicyclic) bond motifs is 1. The van der Waals surface area contributed by atoms with Crippen molar-refractivity contribution in [1.29, 1.82) is 0 Å². The van der Waals surface area contributed by atoms with Gasteiger partial charge in [-0.1, -0.05) is 83.6 Å². The van der Waals surface area contributed by atoms with Gasteiger partial charge >= 0.3 is 0 Å². The van der Waals surface area contributed by atoms with Gasteiger partial charge in [0.1, 0.15) is 0 Å². The van der Waals surface area contributed by atoms with Gasteiger partial charge in [0, 0.05) is 17.3 Å². The molecule has 0 unspecified atom stereocenters. The number of rotatable bonds is 7. The van der Waals surface area contributed by atoms with E-state index in [1.165, 1.54) is 11.3 Å². The minimum atomic E-state index is -0.454. The molecule has 5 rings (SSSR count). The van der Waals surface area contributed by atoms with Crippen LogP contribution in [0.5, 0.6) is 0 Å². The molecule has 0 spiro atoms. The first-order chi connectivity index (χ1) is 17.4. The smallest absolute Gasteiger partial charge is 0.240 e. The van der Waals surface area contributed by atoms with E-state index in [0.29, 0.717) is 23.2 Å². The van der Waals surface area contributed by atoms with Crippen LogP contribution in [0.2, 0.25) is 5.02 Å². The number of hydrogen-bond acceptors (Lipinski definition) is 4. The lowest BCUT2D eigenvalue weighted by Gasteiger charge is -2.26. The standard InChI is InChI=1S/C29H27ClN4OS/c1-19-18-20(2)34(32-19)17-16-33(29-31-27-21(3)24(30)14-15-25(27)36-29)28(35)26(22-10-6-4-7-11-22)23-12-8-5-9-13-23/h4-15,18,26H,16-17H2,1-3H3. The summed E-state index contributed by atoms with van der Waals surface area (Å²) >= 11 is 7.90. The van der Waals surface area contributed by atoms with E-state index in [1.54, 1.807) is 0 Å². The molecular formula is C29H27ClN4OS. The zero-order chi connectivity index (χ0) is 25.2. The average molecular weight is 515 g/mol. The van der Waals surface area contributed by atoms with Crippen molar-refractivity contribution in [3.8, 4) is 0 Å². The number of aryl methyl sites for hydroxylation is 3. The number of thiazole rings is 1. The lowest BCUT2D eigenvalue weighted by molar-refractivity contribution is -0.119. The first-order valence-electron chi connectivity index (χ1n) is 11.9. The monoisotopic (exact) mass is 514 g/mol. The van der Waals surface area contributed by atoms with Crippen molar-refractivity contribution >= 4 is 44.2 Å². The number of carbonyl (C=O) groups excluding carboxylic acids is 1. The van der Waals surface area contributed by atoms with E-state index in [0.717, 1.165) is 38.3 Å². The van der Waals surface area contributed by atoms with Gasteiger partial charge in [-0.2, -0.15) is 5.10 Å². The Morgan fingerprint density at radius 1 is 0.972 bits per heavy atom. The molecule has 0 fully saturated rings. The van der Waals surface area contributed by atoms with Gasteiger partial charge < -0.3 is 0 Å². The summed E-state index contributed by atoms with van der Waals surface area (Å²) in [5.41, 5.74) is 5.68. The maximum atomic E-state index is 14.4. The maximum Gasteiger partial charge on any atom is 0.240 e. The Morgan fingerprint density at radius 3 is 2.19 bits per heavy atom. The second-order valence-corrected chi connectivity index (χ2v) is 10.3. The molecule has 3 aromatic carbocycles. The fourth-order valence-corrected chi connectivity index (χ4v) is 5.73. The quantitative estimate of drug-likeness (QED) is 0.236.